The molecule has 0 bridgehead atoms. The number of aryl methyl sites for hydroxylation is 1. The van der Waals surface area contributed by atoms with Crippen LogP contribution >= 0.6 is 0 Å². The largest absolute Gasteiger partial charge is 0.497 e. The van der Waals surface area contributed by atoms with E-state index in [1.807, 2.05) is 37.2 Å². The van der Waals surface area contributed by atoms with Gasteiger partial charge in [-0.15, -0.1) is 0 Å². The van der Waals surface area contributed by atoms with Gasteiger partial charge in [-0.3, -0.25) is 0 Å². The maximum Gasteiger partial charge on any atom is 0.246 e. The number of methoxy groups -OCH3 is 2. The lowest BCUT2D eigenvalue weighted by Crippen LogP contribution is -2.37. The highest BCUT2D eigenvalue weighted by molar-refractivity contribution is 7.89. The van der Waals surface area contributed by atoms with Crippen LogP contribution in [0.5, 0.6) is 11.5 Å². The van der Waals surface area contributed by atoms with Gasteiger partial charge in [0.05, 0.1) is 14.2 Å². The summed E-state index contributed by atoms with van der Waals surface area (Å²) in [5, 5.41) is 0. The molecule has 2 rings (SSSR count). The van der Waals surface area contributed by atoms with E-state index in [-0.39, 0.29) is 4.90 Å². The fourth-order valence-electron chi connectivity index (χ4n) is 2.89. The van der Waals surface area contributed by atoms with E-state index in [0.29, 0.717) is 31.1 Å². The van der Waals surface area contributed by atoms with Gasteiger partial charge < -0.3 is 14.4 Å². The average Bonchev–Trinajstić information content (AvgIpc) is 2.70. The third kappa shape index (κ3) is 5.95. The zero-order chi connectivity index (χ0) is 20.6. The zero-order valence-electron chi connectivity index (χ0n) is 17.1. The van der Waals surface area contributed by atoms with Gasteiger partial charge in [0.2, 0.25) is 10.0 Å². The van der Waals surface area contributed by atoms with Crippen LogP contribution in [0.15, 0.2) is 53.4 Å². The third-order valence-corrected chi connectivity index (χ3v) is 6.42. The second kappa shape index (κ2) is 10.5. The lowest BCUT2D eigenvalue weighted by atomic mass is 10.1. The van der Waals surface area contributed by atoms with Gasteiger partial charge in [0.1, 0.15) is 16.4 Å². The summed E-state index contributed by atoms with van der Waals surface area (Å²) in [5.74, 6) is 0.801. The van der Waals surface area contributed by atoms with Gasteiger partial charge >= 0.3 is 0 Å². The molecule has 0 radical (unpaired) electrons. The molecule has 0 aromatic heterocycles. The first-order valence-corrected chi connectivity index (χ1v) is 10.7. The second-order valence-corrected chi connectivity index (χ2v) is 8.72. The molecule has 0 spiro atoms. The van der Waals surface area contributed by atoms with Crippen molar-refractivity contribution in [1.82, 2.24) is 9.21 Å². The molecule has 0 saturated heterocycles. The number of ether oxygens (including phenoxy) is 2. The SMILES string of the molecule is COc1ccc(OC)c(S(=O)(=O)N(CCCc2ccccc2)CCN(C)C)c1. The molecule has 7 heteroatoms. The minimum Gasteiger partial charge on any atom is -0.497 e. The molecule has 0 aliphatic heterocycles. The molecular weight excluding hydrogens is 376 g/mol. The van der Waals surface area contributed by atoms with Crippen molar-refractivity contribution < 1.29 is 17.9 Å². The van der Waals surface area contributed by atoms with Crippen LogP contribution < -0.4 is 9.47 Å². The molecule has 0 amide bonds. The van der Waals surface area contributed by atoms with Crippen LogP contribution in [0.25, 0.3) is 0 Å². The molecule has 0 fully saturated rings. The predicted molar refractivity (Wildman–Crippen MR) is 112 cm³/mol. The number of benzene rings is 2. The summed E-state index contributed by atoms with van der Waals surface area (Å²) < 4.78 is 38.9. The van der Waals surface area contributed by atoms with Gasteiger partial charge in [0.15, 0.2) is 0 Å². The Hall–Kier alpha value is -2.09. The summed E-state index contributed by atoms with van der Waals surface area (Å²) in [6, 6.07) is 14.9. The smallest absolute Gasteiger partial charge is 0.246 e. The molecular formula is C21H30N2O4S. The van der Waals surface area contributed by atoms with Gasteiger partial charge in [-0.25, -0.2) is 8.42 Å². The van der Waals surface area contributed by atoms with Crippen molar-refractivity contribution in [3.63, 3.8) is 0 Å². The lowest BCUT2D eigenvalue weighted by Gasteiger charge is -2.25. The van der Waals surface area contributed by atoms with E-state index in [0.717, 1.165) is 12.8 Å². The maximum absolute atomic E-state index is 13.4. The number of sulfonamides is 1. The first-order valence-electron chi connectivity index (χ1n) is 9.29. The summed E-state index contributed by atoms with van der Waals surface area (Å²) in [6.45, 7) is 1.48. The highest BCUT2D eigenvalue weighted by Crippen LogP contribution is 2.30. The minimum absolute atomic E-state index is 0.132. The fourth-order valence-corrected chi connectivity index (χ4v) is 4.53. The molecule has 0 aliphatic carbocycles. The number of rotatable bonds is 11. The van der Waals surface area contributed by atoms with E-state index in [1.165, 1.54) is 30.2 Å². The summed E-state index contributed by atoms with van der Waals surface area (Å²) in [6.07, 6.45) is 1.56. The summed E-state index contributed by atoms with van der Waals surface area (Å²) in [4.78, 5) is 2.11. The quantitative estimate of drug-likeness (QED) is 0.574. The molecule has 6 nitrogen and oxygen atoms in total. The van der Waals surface area contributed by atoms with Crippen LogP contribution in [-0.2, 0) is 16.4 Å². The van der Waals surface area contributed by atoms with Crippen LogP contribution in [0, 0.1) is 0 Å². The molecule has 0 unspecified atom stereocenters. The van der Waals surface area contributed by atoms with Crippen molar-refractivity contribution in [3.8, 4) is 11.5 Å². The Morgan fingerprint density at radius 2 is 1.61 bits per heavy atom. The number of nitrogens with zero attached hydrogens (tertiary/aromatic N) is 2. The van der Waals surface area contributed by atoms with Crippen molar-refractivity contribution in [2.45, 2.75) is 17.7 Å². The molecule has 0 atom stereocenters. The van der Waals surface area contributed by atoms with Gasteiger partial charge in [-0.05, 0) is 44.6 Å². The average molecular weight is 407 g/mol. The van der Waals surface area contributed by atoms with Crippen molar-refractivity contribution in [2.75, 3.05) is 47.9 Å². The Balaban J connectivity index is 2.25. The van der Waals surface area contributed by atoms with Crippen LogP contribution in [0.4, 0.5) is 0 Å². The molecule has 28 heavy (non-hydrogen) atoms. The highest BCUT2D eigenvalue weighted by atomic mass is 32.2. The van der Waals surface area contributed by atoms with Crippen LogP contribution in [0.1, 0.15) is 12.0 Å². The van der Waals surface area contributed by atoms with E-state index in [4.69, 9.17) is 9.47 Å². The van der Waals surface area contributed by atoms with Gasteiger partial charge in [0, 0.05) is 25.7 Å². The Bertz CT molecular complexity index is 839. The molecule has 2 aromatic carbocycles. The third-order valence-electron chi connectivity index (χ3n) is 4.50. The van der Waals surface area contributed by atoms with Crippen molar-refractivity contribution in [2.24, 2.45) is 0 Å². The Morgan fingerprint density at radius 1 is 0.893 bits per heavy atom. The lowest BCUT2D eigenvalue weighted by molar-refractivity contribution is 0.328. The first-order chi connectivity index (χ1) is 13.4. The van der Waals surface area contributed by atoms with Gasteiger partial charge in [-0.1, -0.05) is 30.3 Å². The van der Waals surface area contributed by atoms with E-state index in [1.54, 1.807) is 12.1 Å². The van der Waals surface area contributed by atoms with Crippen molar-refractivity contribution in [3.05, 3.63) is 54.1 Å². The van der Waals surface area contributed by atoms with Crippen molar-refractivity contribution >= 4 is 10.0 Å². The van der Waals surface area contributed by atoms with E-state index in [2.05, 4.69) is 12.1 Å². The first kappa shape index (κ1) is 22.2. The van der Waals surface area contributed by atoms with Crippen molar-refractivity contribution in [1.29, 1.82) is 0 Å². The molecule has 0 heterocycles. The molecule has 2 aromatic rings. The Kier molecular flexibility index (Phi) is 8.29. The monoisotopic (exact) mass is 406 g/mol. The summed E-state index contributed by atoms with van der Waals surface area (Å²) in [7, 11) is 3.13. The summed E-state index contributed by atoms with van der Waals surface area (Å²) >= 11 is 0. The standard InChI is InChI=1S/C21H30N2O4S/c1-22(2)15-16-23(14-8-11-18-9-6-5-7-10-18)28(24,25)21-17-19(26-3)12-13-20(21)27-4/h5-7,9-10,12-13,17H,8,11,14-16H2,1-4H3. The molecule has 0 aliphatic rings. The normalized spacial score (nSPS) is 11.8. The molecule has 0 saturated carbocycles. The number of hydrogen-bond donors (Lipinski definition) is 0. The summed E-state index contributed by atoms with van der Waals surface area (Å²) in [5.41, 5.74) is 1.20. The highest BCUT2D eigenvalue weighted by Gasteiger charge is 2.28. The Labute approximate surface area is 168 Å². The van der Waals surface area contributed by atoms with Crippen LogP contribution in [0.2, 0.25) is 0 Å². The minimum atomic E-state index is -3.72. The fraction of sp³-hybridized carbons (Fsp3) is 0.429. The van der Waals surface area contributed by atoms with E-state index >= 15 is 0 Å². The Morgan fingerprint density at radius 3 is 2.21 bits per heavy atom. The topological polar surface area (TPSA) is 59.1 Å². The van der Waals surface area contributed by atoms with Gasteiger partial charge in [-0.2, -0.15) is 4.31 Å². The molecule has 154 valence electrons. The maximum atomic E-state index is 13.4. The predicted octanol–water partition coefficient (Wildman–Crippen LogP) is 2.89. The zero-order valence-corrected chi connectivity index (χ0v) is 17.9. The number of likely N-dealkylation sites (N-methyl/N-ethyl adjacent to an activating group) is 1. The number of hydrogen-bond acceptors (Lipinski definition) is 5. The second-order valence-electron chi connectivity index (χ2n) is 6.81. The van der Waals surface area contributed by atoms with Gasteiger partial charge in [0.25, 0.3) is 0 Å². The molecule has 0 N–H and O–H groups in total. The van der Waals surface area contributed by atoms with Crippen LogP contribution in [-0.4, -0.2) is 65.6 Å². The van der Waals surface area contributed by atoms with E-state index < -0.39 is 10.0 Å². The van der Waals surface area contributed by atoms with Crippen LogP contribution in [0.3, 0.4) is 0 Å². The van der Waals surface area contributed by atoms with E-state index in [9.17, 15) is 8.42 Å².